The van der Waals surface area contributed by atoms with Crippen LogP contribution in [0.1, 0.15) is 11.4 Å². The predicted molar refractivity (Wildman–Crippen MR) is 112 cm³/mol. The van der Waals surface area contributed by atoms with E-state index in [0.717, 1.165) is 45.0 Å². The van der Waals surface area contributed by atoms with Crippen LogP contribution in [0.5, 0.6) is 11.5 Å². The molecular weight excluding hydrogens is 378 g/mol. The highest BCUT2D eigenvalue weighted by atomic mass is 16.6. The Bertz CT molecular complexity index is 1400. The van der Waals surface area contributed by atoms with E-state index in [1.54, 1.807) is 10.7 Å². The van der Waals surface area contributed by atoms with Crippen molar-refractivity contribution < 1.29 is 9.47 Å². The number of rotatable bonds is 3. The van der Waals surface area contributed by atoms with E-state index in [9.17, 15) is 0 Å². The molecule has 0 atom stereocenters. The van der Waals surface area contributed by atoms with Gasteiger partial charge in [0.05, 0.1) is 11.2 Å². The van der Waals surface area contributed by atoms with Crippen molar-refractivity contribution in [3.63, 3.8) is 0 Å². The highest BCUT2D eigenvalue weighted by Gasteiger charge is 2.14. The zero-order valence-corrected chi connectivity index (χ0v) is 16.0. The zero-order chi connectivity index (χ0) is 19.9. The lowest BCUT2D eigenvalue weighted by atomic mass is 10.1. The van der Waals surface area contributed by atoms with Crippen LogP contribution < -0.4 is 9.47 Å². The number of hydrogen-bond acceptors (Lipinski definition) is 6. The Hall–Kier alpha value is -4.00. The van der Waals surface area contributed by atoms with Crippen molar-refractivity contribution in [2.75, 3.05) is 13.2 Å². The third-order valence-corrected chi connectivity index (χ3v) is 5.19. The van der Waals surface area contributed by atoms with Crippen molar-refractivity contribution in [2.24, 2.45) is 0 Å². The molecule has 3 aromatic heterocycles. The fourth-order valence-corrected chi connectivity index (χ4v) is 3.72. The summed E-state index contributed by atoms with van der Waals surface area (Å²) >= 11 is 0. The molecule has 0 N–H and O–H groups in total. The summed E-state index contributed by atoms with van der Waals surface area (Å²) in [6, 6.07) is 20.0. The lowest BCUT2D eigenvalue weighted by molar-refractivity contribution is 0.171. The molecule has 1 aliphatic rings. The zero-order valence-electron chi connectivity index (χ0n) is 16.0. The van der Waals surface area contributed by atoms with E-state index in [1.165, 1.54) is 0 Å². The first-order chi connectivity index (χ1) is 14.8. The molecule has 7 nitrogen and oxygen atoms in total. The van der Waals surface area contributed by atoms with Crippen molar-refractivity contribution in [3.05, 3.63) is 78.2 Å². The minimum absolute atomic E-state index is 0.555. The van der Waals surface area contributed by atoms with Gasteiger partial charge in [-0.2, -0.15) is 9.61 Å². The SMILES string of the molecule is c1cnc2ccc(Cc3nnc4ccc(-c5ccc6c(c5)OCCO6)nn34)cc2c1. The van der Waals surface area contributed by atoms with E-state index in [1.807, 2.05) is 42.5 Å². The summed E-state index contributed by atoms with van der Waals surface area (Å²) in [6.07, 6.45) is 2.43. The fraction of sp³-hybridized carbons (Fsp3) is 0.130. The van der Waals surface area contributed by atoms with Crippen LogP contribution in [0.15, 0.2) is 66.9 Å². The molecule has 0 saturated heterocycles. The molecule has 7 heteroatoms. The van der Waals surface area contributed by atoms with Crippen molar-refractivity contribution >= 4 is 16.6 Å². The first-order valence-corrected chi connectivity index (χ1v) is 9.78. The van der Waals surface area contributed by atoms with E-state index in [-0.39, 0.29) is 0 Å². The predicted octanol–water partition coefficient (Wildman–Crippen LogP) is 3.70. The fourth-order valence-electron chi connectivity index (χ4n) is 3.72. The van der Waals surface area contributed by atoms with Gasteiger partial charge in [0.15, 0.2) is 23.0 Å². The number of pyridine rings is 1. The van der Waals surface area contributed by atoms with Gasteiger partial charge in [0, 0.05) is 23.6 Å². The van der Waals surface area contributed by atoms with Gasteiger partial charge in [0.1, 0.15) is 13.2 Å². The van der Waals surface area contributed by atoms with E-state index in [4.69, 9.17) is 14.6 Å². The third kappa shape index (κ3) is 2.91. The van der Waals surface area contributed by atoms with Crippen LogP contribution in [0.4, 0.5) is 0 Å². The van der Waals surface area contributed by atoms with Gasteiger partial charge in [-0.05, 0) is 54.1 Å². The number of benzene rings is 2. The molecule has 1 aliphatic heterocycles. The van der Waals surface area contributed by atoms with Gasteiger partial charge < -0.3 is 9.47 Å². The lowest BCUT2D eigenvalue weighted by Gasteiger charge is -2.18. The maximum atomic E-state index is 5.71. The highest BCUT2D eigenvalue weighted by molar-refractivity contribution is 5.79. The molecule has 2 aromatic carbocycles. The van der Waals surface area contributed by atoms with Crippen molar-refractivity contribution in [2.45, 2.75) is 6.42 Å². The summed E-state index contributed by atoms with van der Waals surface area (Å²) < 4.78 is 13.1. The largest absolute Gasteiger partial charge is 0.486 e. The van der Waals surface area contributed by atoms with Crippen molar-refractivity contribution in [3.8, 4) is 22.8 Å². The van der Waals surface area contributed by atoms with E-state index in [2.05, 4.69) is 33.4 Å². The summed E-state index contributed by atoms with van der Waals surface area (Å²) in [5.74, 6) is 2.30. The van der Waals surface area contributed by atoms with Crippen LogP contribution in [0.3, 0.4) is 0 Å². The minimum atomic E-state index is 0.555. The summed E-state index contributed by atoms with van der Waals surface area (Å²) in [4.78, 5) is 4.38. The summed E-state index contributed by atoms with van der Waals surface area (Å²) in [5.41, 5.74) is 4.61. The smallest absolute Gasteiger partial charge is 0.177 e. The molecule has 0 amide bonds. The number of hydrogen-bond donors (Lipinski definition) is 0. The maximum absolute atomic E-state index is 5.71. The second-order valence-corrected chi connectivity index (χ2v) is 7.17. The molecule has 0 saturated carbocycles. The highest BCUT2D eigenvalue weighted by Crippen LogP contribution is 2.34. The Balaban J connectivity index is 1.37. The topological polar surface area (TPSA) is 74.4 Å². The Morgan fingerprint density at radius 1 is 0.867 bits per heavy atom. The monoisotopic (exact) mass is 395 g/mol. The molecule has 5 aromatic rings. The Morgan fingerprint density at radius 3 is 2.77 bits per heavy atom. The van der Waals surface area contributed by atoms with Crippen LogP contribution >= 0.6 is 0 Å². The van der Waals surface area contributed by atoms with Gasteiger partial charge in [-0.3, -0.25) is 4.98 Å². The molecule has 6 rings (SSSR count). The quantitative estimate of drug-likeness (QED) is 0.464. The molecule has 0 fully saturated rings. The molecule has 146 valence electrons. The van der Waals surface area contributed by atoms with Gasteiger partial charge in [0.25, 0.3) is 0 Å². The first kappa shape index (κ1) is 16.9. The van der Waals surface area contributed by atoms with Gasteiger partial charge in [-0.25, -0.2) is 0 Å². The van der Waals surface area contributed by atoms with Crippen molar-refractivity contribution in [1.82, 2.24) is 24.8 Å². The molecule has 0 bridgehead atoms. The molecule has 0 radical (unpaired) electrons. The lowest BCUT2D eigenvalue weighted by Crippen LogP contribution is -2.15. The number of ether oxygens (including phenoxy) is 2. The number of fused-ring (bicyclic) bond motifs is 3. The first-order valence-electron chi connectivity index (χ1n) is 9.78. The van der Waals surface area contributed by atoms with Crippen LogP contribution in [0.25, 0.3) is 27.8 Å². The maximum Gasteiger partial charge on any atom is 0.177 e. The van der Waals surface area contributed by atoms with Gasteiger partial charge in [0.2, 0.25) is 0 Å². The molecule has 0 aliphatic carbocycles. The second kappa shape index (κ2) is 6.81. The summed E-state index contributed by atoms with van der Waals surface area (Å²) in [7, 11) is 0. The van der Waals surface area contributed by atoms with Gasteiger partial charge in [-0.15, -0.1) is 10.2 Å². The third-order valence-electron chi connectivity index (χ3n) is 5.19. The molecule has 30 heavy (non-hydrogen) atoms. The average molecular weight is 395 g/mol. The normalized spacial score (nSPS) is 13.1. The molecule has 0 unspecified atom stereocenters. The number of aromatic nitrogens is 5. The van der Waals surface area contributed by atoms with Crippen molar-refractivity contribution in [1.29, 1.82) is 0 Å². The summed E-state index contributed by atoms with van der Waals surface area (Å²) in [5, 5.41) is 14.5. The van der Waals surface area contributed by atoms with Crippen LogP contribution in [-0.4, -0.2) is 38.0 Å². The second-order valence-electron chi connectivity index (χ2n) is 7.17. The number of nitrogens with zero attached hydrogens (tertiary/aromatic N) is 5. The van der Waals surface area contributed by atoms with E-state index in [0.29, 0.717) is 25.3 Å². The Morgan fingerprint density at radius 2 is 1.80 bits per heavy atom. The standard InChI is InChI=1S/C23H17N5O2/c1-2-16-12-15(3-5-18(16)24-9-1)13-23-26-25-22-8-6-19(27-28(22)23)17-4-7-20-21(14-17)30-11-10-29-20/h1-9,12,14H,10-11,13H2. The summed E-state index contributed by atoms with van der Waals surface area (Å²) in [6.45, 7) is 1.13. The van der Waals surface area contributed by atoms with Crippen LogP contribution in [0.2, 0.25) is 0 Å². The molecule has 0 spiro atoms. The minimum Gasteiger partial charge on any atom is -0.486 e. The average Bonchev–Trinajstić information content (AvgIpc) is 3.20. The van der Waals surface area contributed by atoms with E-state index >= 15 is 0 Å². The van der Waals surface area contributed by atoms with Gasteiger partial charge >= 0.3 is 0 Å². The molecule has 4 heterocycles. The van der Waals surface area contributed by atoms with Crippen LogP contribution in [-0.2, 0) is 6.42 Å². The Kier molecular flexibility index (Phi) is 3.84. The Labute approximate surface area is 171 Å². The molecular formula is C23H17N5O2. The van der Waals surface area contributed by atoms with E-state index < -0.39 is 0 Å². The van der Waals surface area contributed by atoms with Gasteiger partial charge in [-0.1, -0.05) is 12.1 Å². The van der Waals surface area contributed by atoms with Crippen LogP contribution in [0, 0.1) is 0 Å².